The number of nitrogens with one attached hydrogen (secondary N) is 1. The first-order valence-electron chi connectivity index (χ1n) is 6.50. The largest absolute Gasteiger partial charge is 0.419 e. The first kappa shape index (κ1) is 16.4. The van der Waals surface area contributed by atoms with Gasteiger partial charge in [-0.05, 0) is 17.7 Å². The Hall–Kier alpha value is -1.93. The van der Waals surface area contributed by atoms with Crippen LogP contribution in [0.4, 0.5) is 17.6 Å². The molecule has 0 saturated carbocycles. The number of nitrogens with zero attached hydrogens (tertiary/aromatic N) is 2. The maximum Gasteiger partial charge on any atom is 0.419 e. The predicted octanol–water partition coefficient (Wildman–Crippen LogP) is 2.40. The summed E-state index contributed by atoms with van der Waals surface area (Å²) < 4.78 is 52.5. The van der Waals surface area contributed by atoms with Gasteiger partial charge in [0, 0.05) is 31.9 Å². The lowest BCUT2D eigenvalue weighted by Crippen LogP contribution is -2.21. The summed E-state index contributed by atoms with van der Waals surface area (Å²) in [7, 11) is 1.71. The molecule has 0 fully saturated rings. The molecule has 1 atom stereocenters. The van der Waals surface area contributed by atoms with Gasteiger partial charge in [-0.2, -0.15) is 18.3 Å². The average molecular weight is 317 g/mol. The van der Waals surface area contributed by atoms with Crippen LogP contribution in [0.15, 0.2) is 30.6 Å². The lowest BCUT2D eigenvalue weighted by molar-refractivity contribution is -0.140. The van der Waals surface area contributed by atoms with E-state index in [2.05, 4.69) is 10.4 Å². The maximum absolute atomic E-state index is 13.1. The van der Waals surface area contributed by atoms with Crippen LogP contribution >= 0.6 is 0 Å². The molecule has 2 N–H and O–H groups in total. The van der Waals surface area contributed by atoms with Crippen molar-refractivity contribution in [2.24, 2.45) is 7.05 Å². The van der Waals surface area contributed by atoms with Crippen molar-refractivity contribution in [3.63, 3.8) is 0 Å². The molecule has 2 aromatic rings. The van der Waals surface area contributed by atoms with Crippen LogP contribution in [0.2, 0.25) is 0 Å². The van der Waals surface area contributed by atoms with Crippen molar-refractivity contribution in [1.29, 1.82) is 0 Å². The second kappa shape index (κ2) is 6.45. The summed E-state index contributed by atoms with van der Waals surface area (Å²) in [5, 5.41) is 16.6. The summed E-state index contributed by atoms with van der Waals surface area (Å²) >= 11 is 0. The van der Waals surface area contributed by atoms with Crippen LogP contribution in [0, 0.1) is 5.82 Å². The second-order valence-corrected chi connectivity index (χ2v) is 4.91. The number of aryl methyl sites for hydroxylation is 1. The summed E-state index contributed by atoms with van der Waals surface area (Å²) in [4.78, 5) is 0. The number of benzene rings is 1. The molecule has 0 aliphatic carbocycles. The number of aliphatic hydroxyl groups excluding tert-OH is 1. The summed E-state index contributed by atoms with van der Waals surface area (Å²) in [5.41, 5.74) is -0.406. The van der Waals surface area contributed by atoms with Crippen LogP contribution in [0.25, 0.3) is 0 Å². The molecule has 0 spiro atoms. The van der Waals surface area contributed by atoms with Gasteiger partial charge >= 0.3 is 6.18 Å². The standard InChI is InChI=1S/C14H15F4N3O/c1-21-8-10(6-20-21)13(22)7-19-5-9-2-3-12(15)11(4-9)14(16,17)18/h2-4,6,8,13,19,22H,5,7H2,1H3. The Kier molecular flexibility index (Phi) is 4.82. The van der Waals surface area contributed by atoms with Gasteiger partial charge in [-0.1, -0.05) is 6.07 Å². The Morgan fingerprint density at radius 3 is 2.68 bits per heavy atom. The summed E-state index contributed by atoms with van der Waals surface area (Å²) in [6.07, 6.45) is -2.40. The molecule has 8 heteroatoms. The molecule has 0 bridgehead atoms. The third-order valence-electron chi connectivity index (χ3n) is 3.11. The van der Waals surface area contributed by atoms with Crippen molar-refractivity contribution in [3.8, 4) is 0 Å². The van der Waals surface area contributed by atoms with E-state index >= 15 is 0 Å². The number of halogens is 4. The Bertz CT molecular complexity index is 639. The van der Waals surface area contributed by atoms with E-state index in [1.165, 1.54) is 16.9 Å². The number of hydrogen-bond acceptors (Lipinski definition) is 3. The highest BCUT2D eigenvalue weighted by atomic mass is 19.4. The molecule has 0 aliphatic heterocycles. The highest BCUT2D eigenvalue weighted by Crippen LogP contribution is 2.31. The van der Waals surface area contributed by atoms with Gasteiger partial charge in [0.1, 0.15) is 5.82 Å². The Morgan fingerprint density at radius 1 is 1.36 bits per heavy atom. The summed E-state index contributed by atoms with van der Waals surface area (Å²) in [5.74, 6) is -1.30. The number of rotatable bonds is 5. The van der Waals surface area contributed by atoms with E-state index in [0.29, 0.717) is 5.56 Å². The number of aliphatic hydroxyl groups is 1. The number of alkyl halides is 3. The van der Waals surface area contributed by atoms with Gasteiger partial charge in [-0.15, -0.1) is 0 Å². The highest BCUT2D eigenvalue weighted by molar-refractivity contribution is 5.27. The van der Waals surface area contributed by atoms with Crippen LogP contribution in [0.3, 0.4) is 0 Å². The molecule has 120 valence electrons. The molecule has 0 radical (unpaired) electrons. The molecule has 1 aromatic heterocycles. The van der Waals surface area contributed by atoms with Crippen molar-refractivity contribution in [2.75, 3.05) is 6.54 Å². The monoisotopic (exact) mass is 317 g/mol. The van der Waals surface area contributed by atoms with Gasteiger partial charge in [0.05, 0.1) is 17.9 Å². The molecule has 0 aliphatic rings. The first-order chi connectivity index (χ1) is 10.3. The second-order valence-electron chi connectivity index (χ2n) is 4.91. The normalized spacial score (nSPS) is 13.4. The summed E-state index contributed by atoms with van der Waals surface area (Å²) in [6.45, 7) is 0.227. The van der Waals surface area contributed by atoms with Crippen molar-refractivity contribution in [2.45, 2.75) is 18.8 Å². The quantitative estimate of drug-likeness (QED) is 0.833. The first-order valence-corrected chi connectivity index (χ1v) is 6.50. The Morgan fingerprint density at radius 2 is 2.09 bits per heavy atom. The minimum Gasteiger partial charge on any atom is -0.387 e. The molecular weight excluding hydrogens is 302 g/mol. The van der Waals surface area contributed by atoms with Crippen LogP contribution in [0.5, 0.6) is 0 Å². The van der Waals surface area contributed by atoms with Crippen molar-refractivity contribution < 1.29 is 22.7 Å². The third kappa shape index (κ3) is 4.05. The van der Waals surface area contributed by atoms with Gasteiger partial charge in [0.2, 0.25) is 0 Å². The third-order valence-corrected chi connectivity index (χ3v) is 3.11. The van der Waals surface area contributed by atoms with E-state index in [9.17, 15) is 22.7 Å². The van der Waals surface area contributed by atoms with E-state index in [-0.39, 0.29) is 18.7 Å². The van der Waals surface area contributed by atoms with Gasteiger partial charge in [0.25, 0.3) is 0 Å². The van der Waals surface area contributed by atoms with E-state index in [0.717, 1.165) is 12.1 Å². The van der Waals surface area contributed by atoms with E-state index in [1.54, 1.807) is 13.2 Å². The molecule has 1 heterocycles. The predicted molar refractivity (Wildman–Crippen MR) is 71.3 cm³/mol. The lowest BCUT2D eigenvalue weighted by atomic mass is 10.1. The maximum atomic E-state index is 13.1. The van der Waals surface area contributed by atoms with Crippen LogP contribution in [-0.4, -0.2) is 21.4 Å². The molecular formula is C14H15F4N3O. The van der Waals surface area contributed by atoms with Crippen LogP contribution in [-0.2, 0) is 19.8 Å². The molecule has 1 aromatic carbocycles. The molecule has 0 amide bonds. The molecule has 4 nitrogen and oxygen atoms in total. The van der Waals surface area contributed by atoms with Crippen LogP contribution in [0.1, 0.15) is 22.8 Å². The van der Waals surface area contributed by atoms with E-state index in [4.69, 9.17) is 0 Å². The van der Waals surface area contributed by atoms with Crippen LogP contribution < -0.4 is 5.32 Å². The van der Waals surface area contributed by atoms with Crippen molar-refractivity contribution in [1.82, 2.24) is 15.1 Å². The topological polar surface area (TPSA) is 50.1 Å². The average Bonchev–Trinajstić information content (AvgIpc) is 2.86. The van der Waals surface area contributed by atoms with Gasteiger partial charge in [-0.25, -0.2) is 4.39 Å². The minimum atomic E-state index is -4.73. The number of aromatic nitrogens is 2. The molecule has 0 saturated heterocycles. The fraction of sp³-hybridized carbons (Fsp3) is 0.357. The minimum absolute atomic E-state index is 0.0840. The van der Waals surface area contributed by atoms with Gasteiger partial charge in [-0.3, -0.25) is 4.68 Å². The number of hydrogen-bond donors (Lipinski definition) is 2. The van der Waals surface area contributed by atoms with E-state index in [1.807, 2.05) is 0 Å². The zero-order chi connectivity index (χ0) is 16.3. The SMILES string of the molecule is Cn1cc(C(O)CNCc2ccc(F)c(C(F)(F)F)c2)cn1. The smallest absolute Gasteiger partial charge is 0.387 e. The molecule has 22 heavy (non-hydrogen) atoms. The van der Waals surface area contributed by atoms with E-state index < -0.39 is 23.7 Å². The Balaban J connectivity index is 1.95. The molecule has 1 unspecified atom stereocenters. The van der Waals surface area contributed by atoms with Gasteiger partial charge in [0.15, 0.2) is 0 Å². The molecule has 2 rings (SSSR count). The zero-order valence-corrected chi connectivity index (χ0v) is 11.7. The van der Waals surface area contributed by atoms with Crippen molar-refractivity contribution in [3.05, 3.63) is 53.1 Å². The lowest BCUT2D eigenvalue weighted by Gasteiger charge is -2.12. The van der Waals surface area contributed by atoms with Gasteiger partial charge < -0.3 is 10.4 Å². The Labute approximate surface area is 124 Å². The highest BCUT2D eigenvalue weighted by Gasteiger charge is 2.34. The summed E-state index contributed by atoms with van der Waals surface area (Å²) in [6, 6.07) is 2.82. The zero-order valence-electron chi connectivity index (χ0n) is 11.7. The fourth-order valence-electron chi connectivity index (χ4n) is 1.98. The fourth-order valence-corrected chi connectivity index (χ4v) is 1.98. The van der Waals surface area contributed by atoms with Crippen molar-refractivity contribution >= 4 is 0 Å².